The lowest BCUT2D eigenvalue weighted by Gasteiger charge is -2.14. The highest BCUT2D eigenvalue weighted by molar-refractivity contribution is 5.85. The van der Waals surface area contributed by atoms with E-state index in [0.717, 1.165) is 0 Å². The van der Waals surface area contributed by atoms with Crippen LogP contribution in [0.2, 0.25) is 0 Å². The molecule has 1 rings (SSSR count). The zero-order valence-corrected chi connectivity index (χ0v) is 10.9. The lowest BCUT2D eigenvalue weighted by molar-refractivity contribution is -0.141. The molecule has 0 aliphatic rings. The van der Waals surface area contributed by atoms with Crippen molar-refractivity contribution in [3.05, 3.63) is 18.2 Å². The molecule has 1 aromatic rings. The number of hydrogen-bond acceptors (Lipinski definition) is 5. The van der Waals surface area contributed by atoms with Crippen molar-refractivity contribution in [3.8, 4) is 0 Å². The molecule has 0 saturated heterocycles. The monoisotopic (exact) mass is 284 g/mol. The van der Waals surface area contributed by atoms with Gasteiger partial charge in [0.25, 0.3) is 0 Å². The standard InChI is InChI=1S/C11H16N4O5/c1-2-20-9(16)5-13-11(19)15-8(10(17)18)3-7-4-12-6-14-7/h4,6,8H,2-3,5H2,1H3,(H,12,14)(H,17,18)(H2,13,15,19)/t8-/m1/s1. The second-order valence-corrected chi connectivity index (χ2v) is 3.80. The second-order valence-electron chi connectivity index (χ2n) is 3.80. The van der Waals surface area contributed by atoms with Gasteiger partial charge in [0.1, 0.15) is 12.6 Å². The maximum Gasteiger partial charge on any atom is 0.326 e. The van der Waals surface area contributed by atoms with Gasteiger partial charge in [-0.2, -0.15) is 0 Å². The van der Waals surface area contributed by atoms with Crippen LogP contribution in [0.1, 0.15) is 12.6 Å². The quantitative estimate of drug-likeness (QED) is 0.488. The number of nitrogens with one attached hydrogen (secondary N) is 3. The molecule has 0 bridgehead atoms. The SMILES string of the molecule is CCOC(=O)CNC(=O)N[C@H](Cc1cnc[nH]1)C(=O)O. The fourth-order valence-corrected chi connectivity index (χ4v) is 1.39. The number of hydrogen-bond donors (Lipinski definition) is 4. The Morgan fingerprint density at radius 3 is 2.80 bits per heavy atom. The molecule has 2 amide bonds. The minimum atomic E-state index is -1.19. The van der Waals surface area contributed by atoms with E-state index in [9.17, 15) is 14.4 Å². The number of amides is 2. The number of aliphatic carboxylic acids is 1. The van der Waals surface area contributed by atoms with Crippen molar-refractivity contribution in [2.75, 3.05) is 13.2 Å². The van der Waals surface area contributed by atoms with Crippen LogP contribution in [0.3, 0.4) is 0 Å². The van der Waals surface area contributed by atoms with Gasteiger partial charge >= 0.3 is 18.0 Å². The van der Waals surface area contributed by atoms with Gasteiger partial charge in [-0.3, -0.25) is 4.79 Å². The number of aromatic amines is 1. The first-order valence-electron chi connectivity index (χ1n) is 5.93. The summed E-state index contributed by atoms with van der Waals surface area (Å²) in [6.07, 6.45) is 2.94. The van der Waals surface area contributed by atoms with Crippen molar-refractivity contribution in [1.82, 2.24) is 20.6 Å². The molecular formula is C11H16N4O5. The summed E-state index contributed by atoms with van der Waals surface area (Å²) >= 11 is 0. The van der Waals surface area contributed by atoms with Gasteiger partial charge in [-0.05, 0) is 6.92 Å². The molecule has 0 saturated carbocycles. The van der Waals surface area contributed by atoms with Crippen molar-refractivity contribution in [1.29, 1.82) is 0 Å². The maximum absolute atomic E-state index is 11.5. The predicted molar refractivity (Wildman–Crippen MR) is 66.9 cm³/mol. The maximum atomic E-state index is 11.5. The van der Waals surface area contributed by atoms with Crippen molar-refractivity contribution in [3.63, 3.8) is 0 Å². The van der Waals surface area contributed by atoms with E-state index in [1.807, 2.05) is 0 Å². The van der Waals surface area contributed by atoms with Gasteiger partial charge in [0.2, 0.25) is 0 Å². The Kier molecular flexibility index (Phi) is 6.01. The highest BCUT2D eigenvalue weighted by atomic mass is 16.5. The summed E-state index contributed by atoms with van der Waals surface area (Å²) in [4.78, 5) is 40.0. The third-order valence-electron chi connectivity index (χ3n) is 2.28. The molecule has 9 nitrogen and oxygen atoms in total. The molecule has 0 unspecified atom stereocenters. The lowest BCUT2D eigenvalue weighted by Crippen LogP contribution is -2.48. The Bertz CT molecular complexity index is 459. The smallest absolute Gasteiger partial charge is 0.326 e. The average molecular weight is 284 g/mol. The molecule has 0 radical (unpaired) electrons. The van der Waals surface area contributed by atoms with Crippen molar-refractivity contribution in [2.45, 2.75) is 19.4 Å². The van der Waals surface area contributed by atoms with Crippen LogP contribution >= 0.6 is 0 Å². The highest BCUT2D eigenvalue weighted by Gasteiger charge is 2.21. The number of nitrogens with zero attached hydrogens (tertiary/aromatic N) is 1. The number of urea groups is 1. The van der Waals surface area contributed by atoms with E-state index in [1.165, 1.54) is 12.5 Å². The summed E-state index contributed by atoms with van der Waals surface area (Å²) in [5.74, 6) is -1.78. The zero-order chi connectivity index (χ0) is 15.0. The van der Waals surface area contributed by atoms with Crippen LogP contribution in [-0.4, -0.2) is 52.2 Å². The van der Waals surface area contributed by atoms with Crippen molar-refractivity contribution >= 4 is 18.0 Å². The Labute approximate surface area is 114 Å². The van der Waals surface area contributed by atoms with Gasteiger partial charge in [0, 0.05) is 18.3 Å². The van der Waals surface area contributed by atoms with Gasteiger partial charge in [-0.15, -0.1) is 0 Å². The normalized spacial score (nSPS) is 11.4. The van der Waals surface area contributed by atoms with Crippen LogP contribution < -0.4 is 10.6 Å². The molecular weight excluding hydrogens is 268 g/mol. The van der Waals surface area contributed by atoms with Crippen LogP contribution in [0.5, 0.6) is 0 Å². The summed E-state index contributed by atoms with van der Waals surface area (Å²) in [6.45, 7) is 1.53. The number of ether oxygens (including phenoxy) is 1. The first-order chi connectivity index (χ1) is 9.52. The van der Waals surface area contributed by atoms with Crippen LogP contribution in [0.4, 0.5) is 4.79 Å². The fourth-order valence-electron chi connectivity index (χ4n) is 1.39. The van der Waals surface area contributed by atoms with Gasteiger partial charge in [0.15, 0.2) is 0 Å². The molecule has 0 aliphatic carbocycles. The molecule has 110 valence electrons. The molecule has 1 heterocycles. The topological polar surface area (TPSA) is 133 Å². The average Bonchev–Trinajstić information content (AvgIpc) is 2.89. The van der Waals surface area contributed by atoms with E-state index in [2.05, 4.69) is 25.3 Å². The molecule has 1 aromatic heterocycles. The molecule has 20 heavy (non-hydrogen) atoms. The number of carboxylic acid groups (broad SMARTS) is 1. The summed E-state index contributed by atoms with van der Waals surface area (Å²) in [5.41, 5.74) is 0.572. The molecule has 1 atom stereocenters. The molecule has 0 spiro atoms. The number of esters is 1. The van der Waals surface area contributed by atoms with E-state index in [4.69, 9.17) is 5.11 Å². The van der Waals surface area contributed by atoms with Gasteiger partial charge in [0.05, 0.1) is 12.9 Å². The van der Waals surface area contributed by atoms with Gasteiger partial charge < -0.3 is 25.5 Å². The van der Waals surface area contributed by atoms with E-state index < -0.39 is 24.0 Å². The Hall–Kier alpha value is -2.58. The number of carboxylic acids is 1. The zero-order valence-electron chi connectivity index (χ0n) is 10.9. The first kappa shape index (κ1) is 15.5. The predicted octanol–water partition coefficient (Wildman–Crippen LogP) is -0.732. The molecule has 9 heteroatoms. The molecule has 0 aromatic carbocycles. The van der Waals surface area contributed by atoms with Crippen LogP contribution in [0.25, 0.3) is 0 Å². The third-order valence-corrected chi connectivity index (χ3v) is 2.28. The number of H-pyrrole nitrogens is 1. The van der Waals surface area contributed by atoms with Crippen molar-refractivity contribution in [2.24, 2.45) is 0 Å². The third kappa shape index (κ3) is 5.38. The number of carbonyl (C=O) groups excluding carboxylic acids is 2. The van der Waals surface area contributed by atoms with Gasteiger partial charge in [-0.25, -0.2) is 14.6 Å². The summed E-state index contributed by atoms with van der Waals surface area (Å²) in [7, 11) is 0. The van der Waals surface area contributed by atoms with E-state index in [-0.39, 0.29) is 19.6 Å². The van der Waals surface area contributed by atoms with E-state index >= 15 is 0 Å². The van der Waals surface area contributed by atoms with E-state index in [0.29, 0.717) is 5.69 Å². The minimum Gasteiger partial charge on any atom is -0.480 e. The summed E-state index contributed by atoms with van der Waals surface area (Å²) in [5, 5.41) is 13.5. The number of imidazole rings is 1. The van der Waals surface area contributed by atoms with E-state index in [1.54, 1.807) is 6.92 Å². The Morgan fingerprint density at radius 1 is 1.50 bits per heavy atom. The first-order valence-corrected chi connectivity index (χ1v) is 5.93. The minimum absolute atomic E-state index is 0.0577. The lowest BCUT2D eigenvalue weighted by atomic mass is 10.2. The number of rotatable bonds is 7. The summed E-state index contributed by atoms with van der Waals surface area (Å²) in [6, 6.07) is -1.89. The largest absolute Gasteiger partial charge is 0.480 e. The second kappa shape index (κ2) is 7.77. The number of carbonyl (C=O) groups is 3. The van der Waals surface area contributed by atoms with Crippen molar-refractivity contribution < 1.29 is 24.2 Å². The highest BCUT2D eigenvalue weighted by Crippen LogP contribution is 1.98. The Balaban J connectivity index is 2.43. The van der Waals surface area contributed by atoms with Crippen LogP contribution in [0, 0.1) is 0 Å². The summed E-state index contributed by atoms with van der Waals surface area (Å²) < 4.78 is 4.62. The molecule has 0 fully saturated rings. The molecule has 0 aliphatic heterocycles. The molecule has 4 N–H and O–H groups in total. The van der Waals surface area contributed by atoms with Crippen LogP contribution in [0.15, 0.2) is 12.5 Å². The van der Waals surface area contributed by atoms with Gasteiger partial charge in [-0.1, -0.05) is 0 Å². The van der Waals surface area contributed by atoms with Crippen LogP contribution in [-0.2, 0) is 20.7 Å². The fraction of sp³-hybridized carbons (Fsp3) is 0.455. The number of aromatic nitrogens is 2. The Morgan fingerprint density at radius 2 is 2.25 bits per heavy atom.